The minimum absolute atomic E-state index is 0.0478. The fraction of sp³-hybridized carbons (Fsp3) is 0.469. The lowest BCUT2D eigenvalue weighted by atomic mass is 9.92. The maximum Gasteiger partial charge on any atom is 0.416 e. The van der Waals surface area contributed by atoms with E-state index in [2.05, 4.69) is 32.1 Å². The van der Waals surface area contributed by atoms with E-state index >= 15 is 0 Å². The van der Waals surface area contributed by atoms with Crippen LogP contribution in [-0.2, 0) is 35.3 Å². The molecule has 2 amide bonds. The van der Waals surface area contributed by atoms with Gasteiger partial charge in [0.15, 0.2) is 12.4 Å². The van der Waals surface area contributed by atoms with Gasteiger partial charge in [0.1, 0.15) is 12.1 Å². The van der Waals surface area contributed by atoms with Crippen LogP contribution in [0.4, 0.5) is 19.0 Å². The molecule has 3 aliphatic rings. The zero-order valence-corrected chi connectivity index (χ0v) is 25.8. The monoisotopic (exact) mass is 639 g/mol. The van der Waals surface area contributed by atoms with Gasteiger partial charge in [-0.25, -0.2) is 4.98 Å². The first-order valence-electron chi connectivity index (χ1n) is 15.5. The number of aromatic nitrogens is 3. The SMILES string of the molecule is CCC1CN(C(=O)Cc2ccc(CN3CCN(CC)CC3)c(C(F)(F)F)c2)Cc2cc(Oc3ncnc4c3OCC(=O)N4)cnc21. The molecule has 46 heavy (non-hydrogen) atoms. The maximum absolute atomic E-state index is 14.2. The van der Waals surface area contributed by atoms with Crippen molar-refractivity contribution >= 4 is 17.6 Å². The average molecular weight is 640 g/mol. The number of pyridine rings is 1. The molecule has 14 heteroatoms. The minimum Gasteiger partial charge on any atom is -0.475 e. The number of carbonyl (C=O) groups is 2. The first-order valence-corrected chi connectivity index (χ1v) is 15.5. The smallest absolute Gasteiger partial charge is 0.416 e. The fourth-order valence-corrected chi connectivity index (χ4v) is 6.18. The third-order valence-electron chi connectivity index (χ3n) is 8.74. The topological polar surface area (TPSA) is 113 Å². The van der Waals surface area contributed by atoms with Crippen molar-refractivity contribution in [1.82, 2.24) is 29.7 Å². The zero-order valence-electron chi connectivity index (χ0n) is 25.8. The summed E-state index contributed by atoms with van der Waals surface area (Å²) >= 11 is 0. The molecule has 0 aliphatic carbocycles. The Morgan fingerprint density at radius 2 is 1.87 bits per heavy atom. The van der Waals surface area contributed by atoms with Crippen LogP contribution in [0.25, 0.3) is 0 Å². The highest BCUT2D eigenvalue weighted by molar-refractivity contribution is 5.94. The summed E-state index contributed by atoms with van der Waals surface area (Å²) in [7, 11) is 0. The molecule has 1 unspecified atom stereocenters. The number of hydrogen-bond acceptors (Lipinski definition) is 9. The second-order valence-corrected chi connectivity index (χ2v) is 11.8. The Labute approximate surface area is 264 Å². The van der Waals surface area contributed by atoms with Gasteiger partial charge in [0, 0.05) is 51.7 Å². The molecule has 2 aromatic heterocycles. The second kappa shape index (κ2) is 13.2. The Morgan fingerprint density at radius 1 is 1.09 bits per heavy atom. The lowest BCUT2D eigenvalue weighted by molar-refractivity contribution is -0.139. The molecule has 1 aromatic carbocycles. The highest BCUT2D eigenvalue weighted by Crippen LogP contribution is 2.38. The number of carbonyl (C=O) groups excluding carboxylic acids is 2. The number of piperazine rings is 1. The number of rotatable bonds is 8. The van der Waals surface area contributed by atoms with E-state index in [0.717, 1.165) is 56.5 Å². The normalized spacial score (nSPS) is 18.8. The predicted octanol–water partition coefficient (Wildman–Crippen LogP) is 4.23. The Kier molecular flexibility index (Phi) is 9.09. The van der Waals surface area contributed by atoms with Crippen LogP contribution < -0.4 is 14.8 Å². The van der Waals surface area contributed by atoms with Gasteiger partial charge in [-0.15, -0.1) is 0 Å². The number of benzene rings is 1. The van der Waals surface area contributed by atoms with Gasteiger partial charge in [-0.3, -0.25) is 19.5 Å². The van der Waals surface area contributed by atoms with Crippen LogP contribution in [0.15, 0.2) is 36.8 Å². The van der Waals surface area contributed by atoms with E-state index in [1.54, 1.807) is 23.2 Å². The molecule has 1 atom stereocenters. The van der Waals surface area contributed by atoms with Crippen LogP contribution in [0.5, 0.6) is 17.4 Å². The number of halogens is 3. The van der Waals surface area contributed by atoms with E-state index in [-0.39, 0.29) is 66.9 Å². The molecule has 5 heterocycles. The highest BCUT2D eigenvalue weighted by atomic mass is 19.4. The van der Waals surface area contributed by atoms with Gasteiger partial charge in [0.05, 0.1) is 23.9 Å². The molecule has 1 saturated heterocycles. The zero-order chi connectivity index (χ0) is 32.4. The summed E-state index contributed by atoms with van der Waals surface area (Å²) in [4.78, 5) is 43.9. The lowest BCUT2D eigenvalue weighted by Crippen LogP contribution is -2.45. The molecule has 11 nitrogen and oxygen atoms in total. The number of fused-ring (bicyclic) bond motifs is 2. The molecule has 0 bridgehead atoms. The minimum atomic E-state index is -4.53. The third-order valence-corrected chi connectivity index (χ3v) is 8.74. The molecular formula is C32H36F3N7O4. The Hall–Kier alpha value is -4.30. The van der Waals surface area contributed by atoms with Crippen molar-refractivity contribution in [3.63, 3.8) is 0 Å². The summed E-state index contributed by atoms with van der Waals surface area (Å²) in [5.74, 6) is 0.211. The van der Waals surface area contributed by atoms with Gasteiger partial charge in [-0.2, -0.15) is 18.2 Å². The predicted molar refractivity (Wildman–Crippen MR) is 161 cm³/mol. The molecule has 1 N–H and O–H groups in total. The van der Waals surface area contributed by atoms with Crippen molar-refractivity contribution in [3.8, 4) is 17.4 Å². The van der Waals surface area contributed by atoms with Crippen molar-refractivity contribution in [2.24, 2.45) is 0 Å². The van der Waals surface area contributed by atoms with Gasteiger partial charge >= 0.3 is 6.18 Å². The van der Waals surface area contributed by atoms with E-state index in [0.29, 0.717) is 17.9 Å². The standard InChI is InChI=1S/C32H36F3N7O4/c1-3-21-16-42(17-23-13-24(14-36-28(21)23)46-31-29-30(37-19-38-31)39-26(43)18-45-29)27(44)12-20-5-6-22(25(11-20)32(33,34)35)15-41-9-7-40(4-2)8-10-41/h5-6,11,13-14,19,21H,3-4,7-10,12,15-18H2,1-2H3,(H,37,38,39,43). The van der Waals surface area contributed by atoms with Crippen LogP contribution in [0.1, 0.15) is 54.1 Å². The summed E-state index contributed by atoms with van der Waals surface area (Å²) in [6.07, 6.45) is -1.15. The van der Waals surface area contributed by atoms with Crippen LogP contribution in [-0.4, -0.2) is 87.3 Å². The van der Waals surface area contributed by atoms with E-state index < -0.39 is 11.7 Å². The Balaban J connectivity index is 1.17. The van der Waals surface area contributed by atoms with Gasteiger partial charge in [0.2, 0.25) is 11.7 Å². The van der Waals surface area contributed by atoms with Crippen molar-refractivity contribution in [2.45, 2.75) is 51.9 Å². The number of alkyl halides is 3. The quantitative estimate of drug-likeness (QED) is 0.387. The average Bonchev–Trinajstić information content (AvgIpc) is 3.04. The van der Waals surface area contributed by atoms with Gasteiger partial charge < -0.3 is 24.6 Å². The van der Waals surface area contributed by atoms with Gasteiger partial charge in [-0.1, -0.05) is 26.0 Å². The number of nitrogens with zero attached hydrogens (tertiary/aromatic N) is 6. The van der Waals surface area contributed by atoms with Crippen molar-refractivity contribution in [1.29, 1.82) is 0 Å². The van der Waals surface area contributed by atoms with Crippen LogP contribution in [0.2, 0.25) is 0 Å². The summed E-state index contributed by atoms with van der Waals surface area (Å²) in [5.41, 5.74) is 1.48. The number of amides is 2. The van der Waals surface area contributed by atoms with E-state index in [9.17, 15) is 22.8 Å². The third kappa shape index (κ3) is 6.92. The number of ether oxygens (including phenoxy) is 2. The van der Waals surface area contributed by atoms with E-state index in [1.165, 1.54) is 12.4 Å². The summed E-state index contributed by atoms with van der Waals surface area (Å²) in [6, 6.07) is 6.06. The van der Waals surface area contributed by atoms with Crippen LogP contribution >= 0.6 is 0 Å². The van der Waals surface area contributed by atoms with Crippen molar-refractivity contribution in [2.75, 3.05) is 51.2 Å². The van der Waals surface area contributed by atoms with E-state index in [1.807, 2.05) is 11.8 Å². The molecule has 1 fully saturated rings. The Morgan fingerprint density at radius 3 is 2.61 bits per heavy atom. The molecule has 6 rings (SSSR count). The second-order valence-electron chi connectivity index (χ2n) is 11.8. The van der Waals surface area contributed by atoms with Crippen LogP contribution in [0.3, 0.4) is 0 Å². The molecule has 3 aliphatic heterocycles. The summed E-state index contributed by atoms with van der Waals surface area (Å²) < 4.78 is 54.0. The molecule has 3 aromatic rings. The van der Waals surface area contributed by atoms with Gasteiger partial charge in [-0.05, 0) is 41.8 Å². The summed E-state index contributed by atoms with van der Waals surface area (Å²) in [6.45, 7) is 8.79. The van der Waals surface area contributed by atoms with Crippen molar-refractivity contribution in [3.05, 3.63) is 64.7 Å². The summed E-state index contributed by atoms with van der Waals surface area (Å²) in [5, 5.41) is 2.60. The first-order chi connectivity index (χ1) is 22.1. The van der Waals surface area contributed by atoms with Crippen molar-refractivity contribution < 1.29 is 32.2 Å². The number of anilines is 1. The number of nitrogens with one attached hydrogen (secondary N) is 1. The van der Waals surface area contributed by atoms with Crippen LogP contribution in [0, 0.1) is 0 Å². The number of likely N-dealkylation sites (N-methyl/N-ethyl adjacent to an activating group) is 1. The molecule has 0 saturated carbocycles. The molecule has 0 spiro atoms. The largest absolute Gasteiger partial charge is 0.475 e. The van der Waals surface area contributed by atoms with Gasteiger partial charge in [0.25, 0.3) is 11.8 Å². The fourth-order valence-electron chi connectivity index (χ4n) is 6.18. The lowest BCUT2D eigenvalue weighted by Gasteiger charge is -2.34. The number of hydrogen-bond donors (Lipinski definition) is 1. The van der Waals surface area contributed by atoms with E-state index in [4.69, 9.17) is 9.47 Å². The first kappa shape index (κ1) is 31.7. The Bertz CT molecular complexity index is 1610. The molecule has 0 radical (unpaired) electrons. The maximum atomic E-state index is 14.2. The molecule has 244 valence electrons. The molecular weight excluding hydrogens is 603 g/mol. The highest BCUT2D eigenvalue weighted by Gasteiger charge is 2.35.